The van der Waals surface area contributed by atoms with Crippen molar-refractivity contribution in [2.24, 2.45) is 5.92 Å². The van der Waals surface area contributed by atoms with Crippen molar-refractivity contribution >= 4 is 9.84 Å². The van der Waals surface area contributed by atoms with Gasteiger partial charge in [0.1, 0.15) is 0 Å². The van der Waals surface area contributed by atoms with Gasteiger partial charge >= 0.3 is 0 Å². The first-order chi connectivity index (χ1) is 10.0. The molecule has 3 unspecified atom stereocenters. The van der Waals surface area contributed by atoms with E-state index >= 15 is 0 Å². The molecule has 1 fully saturated rings. The average molecular weight is 307 g/mol. The Bertz CT molecular complexity index is 624. The third kappa shape index (κ3) is 2.64. The van der Waals surface area contributed by atoms with Crippen molar-refractivity contribution in [3.63, 3.8) is 0 Å². The van der Waals surface area contributed by atoms with E-state index in [-0.39, 0.29) is 11.2 Å². The fraction of sp³-hybridized carbons (Fsp3) is 0.647. The lowest BCUT2D eigenvalue weighted by atomic mass is 10.1. The van der Waals surface area contributed by atoms with Crippen LogP contribution in [0.4, 0.5) is 0 Å². The van der Waals surface area contributed by atoms with Crippen molar-refractivity contribution in [3.05, 3.63) is 29.3 Å². The standard InChI is InChI=1S/C17H25NO2S/c1-3-18-16-9-10-17(12(16)2)21(19,20)15-8-7-13-5-4-6-14(13)11-15/h7-8,11-12,16-18H,3-6,9-10H2,1-2H3. The first kappa shape index (κ1) is 15.0. The molecular weight excluding hydrogens is 282 g/mol. The summed E-state index contributed by atoms with van der Waals surface area (Å²) in [6, 6.07) is 6.12. The minimum Gasteiger partial charge on any atom is -0.314 e. The van der Waals surface area contributed by atoms with Gasteiger partial charge in [-0.1, -0.05) is 19.9 Å². The maximum Gasteiger partial charge on any atom is 0.181 e. The van der Waals surface area contributed by atoms with E-state index < -0.39 is 9.84 Å². The summed E-state index contributed by atoms with van der Waals surface area (Å²) in [5.41, 5.74) is 2.57. The summed E-state index contributed by atoms with van der Waals surface area (Å²) in [4.78, 5) is 0.539. The Balaban J connectivity index is 1.87. The molecule has 0 amide bonds. The van der Waals surface area contributed by atoms with E-state index in [9.17, 15) is 8.42 Å². The number of benzene rings is 1. The van der Waals surface area contributed by atoms with Crippen molar-refractivity contribution in [2.75, 3.05) is 6.54 Å². The maximum absolute atomic E-state index is 13.0. The SMILES string of the molecule is CCNC1CCC(S(=O)(=O)c2ccc3c(c2)CCC3)C1C. The largest absolute Gasteiger partial charge is 0.314 e. The Labute approximate surface area is 128 Å². The summed E-state index contributed by atoms with van der Waals surface area (Å²) in [5.74, 6) is 0.184. The molecule has 1 aromatic carbocycles. The van der Waals surface area contributed by atoms with Gasteiger partial charge in [0.2, 0.25) is 0 Å². The zero-order valence-corrected chi connectivity index (χ0v) is 13.7. The molecule has 0 heterocycles. The van der Waals surface area contributed by atoms with E-state index in [1.165, 1.54) is 11.1 Å². The van der Waals surface area contributed by atoms with Crippen LogP contribution in [0.5, 0.6) is 0 Å². The van der Waals surface area contributed by atoms with Gasteiger partial charge in [-0.2, -0.15) is 0 Å². The number of hydrogen-bond acceptors (Lipinski definition) is 3. The molecule has 3 nitrogen and oxygen atoms in total. The Morgan fingerprint density at radius 2 is 1.95 bits per heavy atom. The molecular formula is C17H25NO2S. The molecule has 3 rings (SSSR count). The fourth-order valence-corrected chi connectivity index (χ4v) is 6.13. The molecule has 0 spiro atoms. The lowest BCUT2D eigenvalue weighted by Gasteiger charge is -2.21. The van der Waals surface area contributed by atoms with E-state index in [1.54, 1.807) is 0 Å². The molecule has 0 aliphatic heterocycles. The maximum atomic E-state index is 13.0. The second-order valence-corrected chi connectivity index (χ2v) is 8.64. The van der Waals surface area contributed by atoms with E-state index in [2.05, 4.69) is 19.2 Å². The van der Waals surface area contributed by atoms with Crippen LogP contribution in [-0.4, -0.2) is 26.3 Å². The monoisotopic (exact) mass is 307 g/mol. The first-order valence-corrected chi connectivity index (χ1v) is 9.67. The van der Waals surface area contributed by atoms with Crippen molar-refractivity contribution < 1.29 is 8.42 Å². The van der Waals surface area contributed by atoms with Crippen LogP contribution in [0.25, 0.3) is 0 Å². The highest BCUT2D eigenvalue weighted by atomic mass is 32.2. The highest BCUT2D eigenvalue weighted by Crippen LogP contribution is 2.36. The van der Waals surface area contributed by atoms with Crippen LogP contribution in [0.3, 0.4) is 0 Å². The molecule has 1 N–H and O–H groups in total. The summed E-state index contributed by atoms with van der Waals surface area (Å²) < 4.78 is 25.9. The number of nitrogens with one attached hydrogen (secondary N) is 1. The zero-order valence-electron chi connectivity index (χ0n) is 12.9. The Morgan fingerprint density at radius 3 is 2.71 bits per heavy atom. The van der Waals surface area contributed by atoms with Gasteiger partial charge in [0.15, 0.2) is 9.84 Å². The van der Waals surface area contributed by atoms with Crippen LogP contribution >= 0.6 is 0 Å². The summed E-state index contributed by atoms with van der Waals surface area (Å²) >= 11 is 0. The van der Waals surface area contributed by atoms with E-state index in [4.69, 9.17) is 0 Å². The summed E-state index contributed by atoms with van der Waals surface area (Å²) in [6.45, 7) is 5.06. The summed E-state index contributed by atoms with van der Waals surface area (Å²) in [5, 5.41) is 3.19. The van der Waals surface area contributed by atoms with Crippen LogP contribution in [0.2, 0.25) is 0 Å². The molecule has 0 aromatic heterocycles. The van der Waals surface area contributed by atoms with Gasteiger partial charge in [0.05, 0.1) is 10.1 Å². The molecule has 1 aromatic rings. The van der Waals surface area contributed by atoms with E-state index in [0.29, 0.717) is 10.9 Å². The summed E-state index contributed by atoms with van der Waals surface area (Å²) in [7, 11) is -3.20. The second-order valence-electron chi connectivity index (χ2n) is 6.47. The quantitative estimate of drug-likeness (QED) is 0.930. The third-order valence-corrected chi connectivity index (χ3v) is 7.62. The highest BCUT2D eigenvalue weighted by molar-refractivity contribution is 7.92. The third-order valence-electron chi connectivity index (χ3n) is 5.25. The fourth-order valence-electron chi connectivity index (χ4n) is 4.02. The first-order valence-electron chi connectivity index (χ1n) is 8.13. The number of hydrogen-bond donors (Lipinski definition) is 1. The minimum atomic E-state index is -3.20. The molecule has 2 aliphatic carbocycles. The molecule has 1 saturated carbocycles. The molecule has 0 radical (unpaired) electrons. The van der Waals surface area contributed by atoms with Crippen LogP contribution < -0.4 is 5.32 Å². The van der Waals surface area contributed by atoms with Gasteiger partial charge in [-0.15, -0.1) is 0 Å². The van der Waals surface area contributed by atoms with E-state index in [1.807, 2.05) is 18.2 Å². The molecule has 4 heteroatoms. The number of sulfone groups is 1. The van der Waals surface area contributed by atoms with Crippen LogP contribution in [0.1, 0.15) is 44.2 Å². The van der Waals surface area contributed by atoms with Gasteiger partial charge in [-0.05, 0) is 67.8 Å². The normalized spacial score (nSPS) is 28.8. The smallest absolute Gasteiger partial charge is 0.181 e. The molecule has 0 saturated heterocycles. The molecule has 21 heavy (non-hydrogen) atoms. The lowest BCUT2D eigenvalue weighted by Crippen LogP contribution is -2.36. The molecule has 0 bridgehead atoms. The Hall–Kier alpha value is -0.870. The number of rotatable bonds is 4. The Kier molecular flexibility index (Phi) is 4.10. The van der Waals surface area contributed by atoms with Crippen molar-refractivity contribution in [2.45, 2.75) is 62.1 Å². The van der Waals surface area contributed by atoms with Crippen molar-refractivity contribution in [1.29, 1.82) is 0 Å². The second kappa shape index (κ2) is 5.73. The molecule has 116 valence electrons. The summed E-state index contributed by atoms with van der Waals surface area (Å²) in [6.07, 6.45) is 5.01. The predicted molar refractivity (Wildman–Crippen MR) is 85.3 cm³/mol. The van der Waals surface area contributed by atoms with Crippen LogP contribution in [-0.2, 0) is 22.7 Å². The average Bonchev–Trinajstić information content (AvgIpc) is 3.06. The van der Waals surface area contributed by atoms with Crippen molar-refractivity contribution in [1.82, 2.24) is 5.32 Å². The van der Waals surface area contributed by atoms with Gasteiger partial charge in [0, 0.05) is 6.04 Å². The number of fused-ring (bicyclic) bond motifs is 1. The van der Waals surface area contributed by atoms with E-state index in [0.717, 1.165) is 38.6 Å². The predicted octanol–water partition coefficient (Wildman–Crippen LogP) is 2.73. The molecule has 2 aliphatic rings. The van der Waals surface area contributed by atoms with Gasteiger partial charge in [0.25, 0.3) is 0 Å². The topological polar surface area (TPSA) is 46.2 Å². The van der Waals surface area contributed by atoms with Crippen LogP contribution in [0, 0.1) is 5.92 Å². The van der Waals surface area contributed by atoms with Gasteiger partial charge in [-0.3, -0.25) is 0 Å². The van der Waals surface area contributed by atoms with Crippen LogP contribution in [0.15, 0.2) is 23.1 Å². The lowest BCUT2D eigenvalue weighted by molar-refractivity contribution is 0.433. The van der Waals surface area contributed by atoms with Crippen molar-refractivity contribution in [3.8, 4) is 0 Å². The van der Waals surface area contributed by atoms with Gasteiger partial charge < -0.3 is 5.32 Å². The highest BCUT2D eigenvalue weighted by Gasteiger charge is 2.41. The molecule has 3 atom stereocenters. The van der Waals surface area contributed by atoms with Gasteiger partial charge in [-0.25, -0.2) is 8.42 Å². The number of aryl methyl sites for hydroxylation is 2. The Morgan fingerprint density at radius 1 is 1.19 bits per heavy atom. The minimum absolute atomic E-state index is 0.184. The zero-order chi connectivity index (χ0) is 15.0.